The molecule has 0 unspecified atom stereocenters. The number of aromatic amines is 1. The summed E-state index contributed by atoms with van der Waals surface area (Å²) in [6.07, 6.45) is -4.69. The zero-order valence-corrected chi connectivity index (χ0v) is 18.1. The predicted octanol–water partition coefficient (Wildman–Crippen LogP) is 5.74. The molecular weight excluding hydrogens is 468 g/mol. The highest BCUT2D eigenvalue weighted by atomic mass is 19.4. The summed E-state index contributed by atoms with van der Waals surface area (Å²) < 4.78 is 57.7. The van der Waals surface area contributed by atoms with Crippen molar-refractivity contribution in [1.29, 1.82) is 0 Å². The number of ether oxygens (including phenoxy) is 1. The zero-order chi connectivity index (χ0) is 25.3. The van der Waals surface area contributed by atoms with E-state index in [2.05, 4.69) is 15.6 Å². The quantitative estimate of drug-likeness (QED) is 0.270. The molecule has 1 aromatic heterocycles. The van der Waals surface area contributed by atoms with Crippen LogP contribution in [0.3, 0.4) is 0 Å². The molecule has 5 N–H and O–H groups in total. The van der Waals surface area contributed by atoms with Crippen molar-refractivity contribution in [2.24, 2.45) is 5.73 Å². The Morgan fingerprint density at radius 1 is 0.971 bits per heavy atom. The SMILES string of the molecule is COc1ccc2c(-c3ccc(NC(=O)Nc4cc(C(F)(F)F)ccc4F)cc3)c(C(N)=O)[nH]c2c1. The van der Waals surface area contributed by atoms with Crippen LogP contribution >= 0.6 is 0 Å². The van der Waals surface area contributed by atoms with Crippen LogP contribution < -0.4 is 21.1 Å². The number of methoxy groups -OCH3 is 1. The lowest BCUT2D eigenvalue weighted by molar-refractivity contribution is -0.137. The normalized spacial score (nSPS) is 11.3. The summed E-state index contributed by atoms with van der Waals surface area (Å²) in [5.74, 6) is -1.10. The average molecular weight is 486 g/mol. The fraction of sp³-hybridized carbons (Fsp3) is 0.0833. The molecule has 0 radical (unpaired) electrons. The number of hydrogen-bond donors (Lipinski definition) is 4. The third kappa shape index (κ3) is 4.88. The van der Waals surface area contributed by atoms with Crippen LogP contribution in [0.4, 0.5) is 33.7 Å². The maximum absolute atomic E-state index is 13.9. The van der Waals surface area contributed by atoms with Crippen LogP contribution in [0, 0.1) is 5.82 Å². The summed E-state index contributed by atoms with van der Waals surface area (Å²) >= 11 is 0. The molecule has 4 aromatic rings. The molecule has 0 spiro atoms. The molecule has 0 aliphatic heterocycles. The molecule has 3 aromatic carbocycles. The van der Waals surface area contributed by atoms with Gasteiger partial charge in [-0.15, -0.1) is 0 Å². The molecule has 0 aliphatic carbocycles. The molecule has 0 fully saturated rings. The minimum Gasteiger partial charge on any atom is -0.497 e. The van der Waals surface area contributed by atoms with Gasteiger partial charge in [-0.1, -0.05) is 12.1 Å². The van der Waals surface area contributed by atoms with E-state index in [1.54, 1.807) is 30.3 Å². The molecule has 7 nitrogen and oxygen atoms in total. The van der Waals surface area contributed by atoms with Gasteiger partial charge in [0.2, 0.25) is 0 Å². The first-order valence-corrected chi connectivity index (χ1v) is 10.1. The second-order valence-corrected chi connectivity index (χ2v) is 7.50. The van der Waals surface area contributed by atoms with Crippen molar-refractivity contribution in [1.82, 2.24) is 4.98 Å². The molecule has 0 atom stereocenters. The van der Waals surface area contributed by atoms with E-state index in [0.29, 0.717) is 40.6 Å². The van der Waals surface area contributed by atoms with E-state index in [9.17, 15) is 27.2 Å². The van der Waals surface area contributed by atoms with Crippen molar-refractivity contribution >= 4 is 34.2 Å². The van der Waals surface area contributed by atoms with Gasteiger partial charge in [-0.05, 0) is 48.0 Å². The lowest BCUT2D eigenvalue weighted by Gasteiger charge is -2.12. The summed E-state index contributed by atoms with van der Waals surface area (Å²) in [5.41, 5.74) is 6.09. The van der Waals surface area contributed by atoms with Gasteiger partial charge in [-0.2, -0.15) is 13.2 Å². The van der Waals surface area contributed by atoms with Crippen LogP contribution in [-0.2, 0) is 6.18 Å². The predicted molar refractivity (Wildman–Crippen MR) is 123 cm³/mol. The molecule has 11 heteroatoms. The number of H-pyrrole nitrogens is 1. The van der Waals surface area contributed by atoms with Gasteiger partial charge >= 0.3 is 12.2 Å². The molecule has 0 saturated heterocycles. The van der Waals surface area contributed by atoms with E-state index in [1.165, 1.54) is 19.2 Å². The number of alkyl halides is 3. The van der Waals surface area contributed by atoms with Crippen molar-refractivity contribution in [3.63, 3.8) is 0 Å². The maximum atomic E-state index is 13.9. The van der Waals surface area contributed by atoms with Crippen molar-refractivity contribution in [2.45, 2.75) is 6.18 Å². The highest BCUT2D eigenvalue weighted by Crippen LogP contribution is 2.35. The first-order valence-electron chi connectivity index (χ1n) is 10.1. The largest absolute Gasteiger partial charge is 0.497 e. The van der Waals surface area contributed by atoms with Gasteiger partial charge in [0.1, 0.15) is 17.3 Å². The van der Waals surface area contributed by atoms with Crippen molar-refractivity contribution in [3.05, 3.63) is 77.7 Å². The lowest BCUT2D eigenvalue weighted by Crippen LogP contribution is -2.20. The standard InChI is InChI=1S/C24H18F4N4O3/c1-35-15-7-8-16-18(11-15)31-21(22(29)33)20(16)12-2-5-14(6-3-12)30-23(34)32-19-10-13(24(26,27)28)4-9-17(19)25/h2-11,31H,1H3,(H2,29,33)(H2,30,32,34). The highest BCUT2D eigenvalue weighted by molar-refractivity contribution is 6.09. The number of nitrogens with one attached hydrogen (secondary N) is 3. The van der Waals surface area contributed by atoms with E-state index in [-0.39, 0.29) is 11.4 Å². The first-order chi connectivity index (χ1) is 16.6. The number of halogens is 4. The van der Waals surface area contributed by atoms with Gasteiger partial charge in [-0.3, -0.25) is 4.79 Å². The van der Waals surface area contributed by atoms with E-state index >= 15 is 0 Å². The Balaban J connectivity index is 1.57. The monoisotopic (exact) mass is 486 g/mol. The number of carbonyl (C=O) groups is 2. The lowest BCUT2D eigenvalue weighted by atomic mass is 10.0. The van der Waals surface area contributed by atoms with Gasteiger partial charge < -0.3 is 26.1 Å². The summed E-state index contributed by atoms with van der Waals surface area (Å²) in [7, 11) is 1.52. The van der Waals surface area contributed by atoms with Crippen LogP contribution in [-0.4, -0.2) is 24.0 Å². The number of anilines is 2. The number of aromatic nitrogens is 1. The van der Waals surface area contributed by atoms with Gasteiger partial charge in [0.25, 0.3) is 5.91 Å². The minimum absolute atomic E-state index is 0.187. The van der Waals surface area contributed by atoms with Crippen molar-refractivity contribution in [3.8, 4) is 16.9 Å². The summed E-state index contributed by atoms with van der Waals surface area (Å²) in [5, 5.41) is 5.21. The third-order valence-corrected chi connectivity index (χ3v) is 5.23. The highest BCUT2D eigenvalue weighted by Gasteiger charge is 2.31. The number of rotatable bonds is 5. The Kier molecular flexibility index (Phi) is 6.08. The van der Waals surface area contributed by atoms with Crippen molar-refractivity contribution < 1.29 is 31.9 Å². The molecule has 180 valence electrons. The first kappa shape index (κ1) is 23.6. The van der Waals surface area contributed by atoms with Crippen molar-refractivity contribution in [2.75, 3.05) is 17.7 Å². The van der Waals surface area contributed by atoms with Crippen LogP contribution in [0.5, 0.6) is 5.75 Å². The number of primary amides is 1. The molecular formula is C24H18F4N4O3. The Morgan fingerprint density at radius 3 is 2.31 bits per heavy atom. The van der Waals surface area contributed by atoms with Gasteiger partial charge in [0, 0.05) is 22.7 Å². The zero-order valence-electron chi connectivity index (χ0n) is 18.1. The molecule has 0 bridgehead atoms. The van der Waals surface area contributed by atoms with Crippen LogP contribution in [0.15, 0.2) is 60.7 Å². The van der Waals surface area contributed by atoms with E-state index in [0.717, 1.165) is 5.39 Å². The smallest absolute Gasteiger partial charge is 0.416 e. The maximum Gasteiger partial charge on any atom is 0.416 e. The number of benzene rings is 3. The van der Waals surface area contributed by atoms with E-state index < -0.39 is 35.2 Å². The van der Waals surface area contributed by atoms with E-state index in [4.69, 9.17) is 10.5 Å². The fourth-order valence-electron chi connectivity index (χ4n) is 3.59. The number of nitrogens with two attached hydrogens (primary N) is 1. The number of carbonyl (C=O) groups excluding carboxylic acids is 2. The van der Waals surface area contributed by atoms with E-state index in [1.807, 2.05) is 0 Å². The molecule has 1 heterocycles. The molecule has 35 heavy (non-hydrogen) atoms. The Bertz CT molecular complexity index is 1430. The molecule has 4 rings (SSSR count). The second-order valence-electron chi connectivity index (χ2n) is 7.50. The summed E-state index contributed by atoms with van der Waals surface area (Å²) in [4.78, 5) is 27.2. The fourth-order valence-corrected chi connectivity index (χ4v) is 3.59. The number of amides is 3. The Labute approximate surface area is 195 Å². The Hall–Kier alpha value is -4.54. The molecule has 0 saturated carbocycles. The summed E-state index contributed by atoms with van der Waals surface area (Å²) in [6, 6.07) is 12.3. The Morgan fingerprint density at radius 2 is 1.69 bits per heavy atom. The number of hydrogen-bond acceptors (Lipinski definition) is 3. The van der Waals surface area contributed by atoms with Gasteiger partial charge in [0.05, 0.1) is 23.9 Å². The van der Waals surface area contributed by atoms with Crippen LogP contribution in [0.1, 0.15) is 16.1 Å². The van der Waals surface area contributed by atoms with Gasteiger partial charge in [-0.25, -0.2) is 9.18 Å². The van der Waals surface area contributed by atoms with Crippen LogP contribution in [0.25, 0.3) is 22.0 Å². The van der Waals surface area contributed by atoms with Crippen LogP contribution in [0.2, 0.25) is 0 Å². The molecule has 0 aliphatic rings. The second kappa shape index (κ2) is 9.01. The number of urea groups is 1. The number of fused-ring (bicyclic) bond motifs is 1. The molecule has 3 amide bonds. The van der Waals surface area contributed by atoms with Gasteiger partial charge in [0.15, 0.2) is 0 Å². The third-order valence-electron chi connectivity index (χ3n) is 5.23. The topological polar surface area (TPSA) is 109 Å². The summed E-state index contributed by atoms with van der Waals surface area (Å²) in [6.45, 7) is 0. The average Bonchev–Trinajstić information content (AvgIpc) is 3.19. The minimum atomic E-state index is -4.69.